The van der Waals surface area contributed by atoms with Gasteiger partial charge in [0.2, 0.25) is 0 Å². The van der Waals surface area contributed by atoms with Gasteiger partial charge < -0.3 is 15.0 Å². The molecule has 2 aromatic heterocycles. The summed E-state index contributed by atoms with van der Waals surface area (Å²) < 4.78 is 5.30. The van der Waals surface area contributed by atoms with Crippen LogP contribution in [0.5, 0.6) is 0 Å². The number of H-pyrrole nitrogens is 1. The Bertz CT molecular complexity index is 823. The van der Waals surface area contributed by atoms with E-state index in [0.717, 1.165) is 47.3 Å². The molecular weight excluding hydrogens is 302 g/mol. The first-order chi connectivity index (χ1) is 10.7. The van der Waals surface area contributed by atoms with E-state index in [1.807, 2.05) is 12.3 Å². The first kappa shape index (κ1) is 12.7. The number of nitrogens with one attached hydrogen (secondary N) is 2. The lowest BCUT2D eigenvalue weighted by atomic mass is 9.83. The van der Waals surface area contributed by atoms with Crippen LogP contribution in [-0.4, -0.2) is 34.6 Å². The maximum Gasteiger partial charge on any atom is 0.254 e. The molecule has 0 saturated carbocycles. The van der Waals surface area contributed by atoms with E-state index in [1.54, 1.807) is 0 Å². The first-order valence-electron chi connectivity index (χ1n) is 7.44. The van der Waals surface area contributed by atoms with Crippen LogP contribution in [0.4, 0.5) is 0 Å². The second kappa shape index (κ2) is 4.12. The number of halogens is 1. The van der Waals surface area contributed by atoms with Crippen LogP contribution in [0.25, 0.3) is 11.3 Å². The quantitative estimate of drug-likeness (QED) is 0.730. The van der Waals surface area contributed by atoms with Crippen LogP contribution in [0, 0.1) is 0 Å². The summed E-state index contributed by atoms with van der Waals surface area (Å²) in [6.07, 6.45) is 4.38. The second-order valence-corrected chi connectivity index (χ2v) is 6.79. The number of amides is 1. The van der Waals surface area contributed by atoms with Gasteiger partial charge in [0, 0.05) is 23.9 Å². The van der Waals surface area contributed by atoms with E-state index >= 15 is 0 Å². The van der Waals surface area contributed by atoms with Gasteiger partial charge in [-0.05, 0) is 30.0 Å². The topological polar surface area (TPSA) is 67.0 Å². The lowest BCUT2D eigenvalue weighted by molar-refractivity contribution is -0.0713. The Morgan fingerprint density at radius 2 is 2.18 bits per heavy atom. The highest BCUT2D eigenvalue weighted by atomic mass is 35.5. The Hall–Kier alpha value is -1.85. The maximum atomic E-state index is 12.6. The van der Waals surface area contributed by atoms with E-state index in [9.17, 15) is 4.79 Å². The number of ether oxygens (including phenoxy) is 1. The summed E-state index contributed by atoms with van der Waals surface area (Å²) in [7, 11) is 0. The summed E-state index contributed by atoms with van der Waals surface area (Å²) in [4.78, 5) is 20.2. The predicted octanol–water partition coefficient (Wildman–Crippen LogP) is 1.88. The van der Waals surface area contributed by atoms with Gasteiger partial charge in [0.15, 0.2) is 0 Å². The van der Waals surface area contributed by atoms with Gasteiger partial charge in [0.25, 0.3) is 5.91 Å². The average molecular weight is 316 g/mol. The molecule has 4 heterocycles. The summed E-state index contributed by atoms with van der Waals surface area (Å²) in [5.41, 5.74) is 6.03. The standard InChI is InChI=1S/C16H14ClN3O2/c17-12-3-10-8(5-18-12)1-2-9-13-11(19-14(9)10)4-16(6-22-7-16)20-15(13)21/h3,5,19H,1-2,4,6-7H2,(H,20,21). The fraction of sp³-hybridized carbons (Fsp3) is 0.375. The van der Waals surface area contributed by atoms with Gasteiger partial charge >= 0.3 is 0 Å². The minimum Gasteiger partial charge on any atom is -0.376 e. The molecule has 0 radical (unpaired) electrons. The van der Waals surface area contributed by atoms with Gasteiger partial charge in [-0.15, -0.1) is 0 Å². The minimum absolute atomic E-state index is 0.0191. The number of rotatable bonds is 0. The van der Waals surface area contributed by atoms with Crippen molar-refractivity contribution in [1.82, 2.24) is 15.3 Å². The summed E-state index contributed by atoms with van der Waals surface area (Å²) >= 11 is 6.05. The minimum atomic E-state index is -0.212. The molecule has 5 rings (SSSR count). The molecule has 0 unspecified atom stereocenters. The summed E-state index contributed by atoms with van der Waals surface area (Å²) in [6.45, 7) is 1.18. The number of carbonyl (C=O) groups excluding carboxylic acids is 1. The van der Waals surface area contributed by atoms with Crippen molar-refractivity contribution in [3.8, 4) is 11.3 Å². The largest absolute Gasteiger partial charge is 0.376 e. The molecule has 22 heavy (non-hydrogen) atoms. The highest BCUT2D eigenvalue weighted by Gasteiger charge is 2.46. The van der Waals surface area contributed by atoms with Crippen LogP contribution >= 0.6 is 11.6 Å². The van der Waals surface area contributed by atoms with Gasteiger partial charge in [0.05, 0.1) is 30.0 Å². The maximum absolute atomic E-state index is 12.6. The molecule has 0 atom stereocenters. The summed E-state index contributed by atoms with van der Waals surface area (Å²) in [5, 5.41) is 3.61. The predicted molar refractivity (Wildman–Crippen MR) is 81.2 cm³/mol. The third-order valence-corrected chi connectivity index (χ3v) is 5.13. The van der Waals surface area contributed by atoms with Crippen LogP contribution in [-0.2, 0) is 24.0 Å². The summed E-state index contributed by atoms with van der Waals surface area (Å²) in [6, 6.07) is 1.89. The molecule has 1 spiro atoms. The van der Waals surface area contributed by atoms with Crippen molar-refractivity contribution in [3.05, 3.63) is 39.8 Å². The highest BCUT2D eigenvalue weighted by Crippen LogP contribution is 2.40. The molecule has 2 N–H and O–H groups in total. The zero-order valence-electron chi connectivity index (χ0n) is 11.8. The number of fused-ring (bicyclic) bond motifs is 5. The highest BCUT2D eigenvalue weighted by molar-refractivity contribution is 6.29. The number of pyridine rings is 1. The lowest BCUT2D eigenvalue weighted by Crippen LogP contribution is -2.65. The average Bonchev–Trinajstić information content (AvgIpc) is 2.84. The van der Waals surface area contributed by atoms with E-state index in [1.165, 1.54) is 5.56 Å². The number of hydrogen-bond acceptors (Lipinski definition) is 3. The normalized spacial score (nSPS) is 20.7. The number of aromatic nitrogens is 2. The van der Waals surface area contributed by atoms with Crippen molar-refractivity contribution in [2.45, 2.75) is 24.8 Å². The van der Waals surface area contributed by atoms with E-state index < -0.39 is 0 Å². The van der Waals surface area contributed by atoms with Gasteiger partial charge in [-0.25, -0.2) is 4.98 Å². The Morgan fingerprint density at radius 1 is 1.32 bits per heavy atom. The smallest absolute Gasteiger partial charge is 0.254 e. The van der Waals surface area contributed by atoms with Gasteiger partial charge in [-0.2, -0.15) is 0 Å². The zero-order valence-corrected chi connectivity index (χ0v) is 12.6. The SMILES string of the molecule is O=C1NC2(COC2)Cc2[nH]c3c(c21)CCc1cnc(Cl)cc1-3. The molecule has 1 aliphatic carbocycles. The molecule has 3 aliphatic rings. The second-order valence-electron chi connectivity index (χ2n) is 6.40. The van der Waals surface area contributed by atoms with Crippen molar-refractivity contribution >= 4 is 17.5 Å². The number of aromatic amines is 1. The molecule has 0 bridgehead atoms. The van der Waals surface area contributed by atoms with Crippen LogP contribution in [0.1, 0.15) is 27.2 Å². The van der Waals surface area contributed by atoms with Crippen molar-refractivity contribution in [2.24, 2.45) is 0 Å². The Kier molecular flexibility index (Phi) is 2.37. The van der Waals surface area contributed by atoms with Gasteiger partial charge in [0.1, 0.15) is 5.15 Å². The molecule has 1 fully saturated rings. The zero-order chi connectivity index (χ0) is 14.9. The molecule has 1 amide bonds. The van der Waals surface area contributed by atoms with Crippen molar-refractivity contribution in [1.29, 1.82) is 0 Å². The third-order valence-electron chi connectivity index (χ3n) is 4.93. The molecule has 5 nitrogen and oxygen atoms in total. The van der Waals surface area contributed by atoms with E-state index in [2.05, 4.69) is 15.3 Å². The lowest BCUT2D eigenvalue weighted by Gasteiger charge is -2.44. The molecule has 112 valence electrons. The number of carbonyl (C=O) groups is 1. The van der Waals surface area contributed by atoms with Gasteiger partial charge in [-0.1, -0.05) is 11.6 Å². The number of aryl methyl sites for hydroxylation is 1. The summed E-state index contributed by atoms with van der Waals surface area (Å²) in [5.74, 6) is 0.0191. The van der Waals surface area contributed by atoms with Crippen LogP contribution in [0.3, 0.4) is 0 Å². The van der Waals surface area contributed by atoms with E-state index in [4.69, 9.17) is 16.3 Å². The third kappa shape index (κ3) is 1.58. The Morgan fingerprint density at radius 3 is 2.95 bits per heavy atom. The number of nitrogens with zero attached hydrogens (tertiary/aromatic N) is 1. The van der Waals surface area contributed by atoms with E-state index in [0.29, 0.717) is 18.4 Å². The first-order valence-corrected chi connectivity index (χ1v) is 7.82. The molecule has 2 aromatic rings. The van der Waals surface area contributed by atoms with Crippen molar-refractivity contribution in [2.75, 3.05) is 13.2 Å². The monoisotopic (exact) mass is 315 g/mol. The molecule has 1 saturated heterocycles. The van der Waals surface area contributed by atoms with Crippen LogP contribution in [0.15, 0.2) is 12.3 Å². The molecular formula is C16H14ClN3O2. The van der Waals surface area contributed by atoms with Crippen molar-refractivity contribution < 1.29 is 9.53 Å². The van der Waals surface area contributed by atoms with E-state index in [-0.39, 0.29) is 11.4 Å². The molecule has 6 heteroatoms. The fourth-order valence-electron chi connectivity index (χ4n) is 3.84. The fourth-order valence-corrected chi connectivity index (χ4v) is 4.00. The Balaban J connectivity index is 1.69. The molecule has 2 aliphatic heterocycles. The number of hydrogen-bond donors (Lipinski definition) is 2. The van der Waals surface area contributed by atoms with Crippen molar-refractivity contribution in [3.63, 3.8) is 0 Å². The van der Waals surface area contributed by atoms with Crippen LogP contribution in [0.2, 0.25) is 5.15 Å². The van der Waals surface area contributed by atoms with Gasteiger partial charge in [-0.3, -0.25) is 4.79 Å². The van der Waals surface area contributed by atoms with Crippen LogP contribution < -0.4 is 5.32 Å². The Labute approximate surface area is 132 Å². The molecule has 0 aromatic carbocycles.